The Kier molecular flexibility index (Phi) is 13.8. The molecule has 2 aliphatic heterocycles. The van der Waals surface area contributed by atoms with Crippen LogP contribution >= 0.6 is 69.1 Å². The van der Waals surface area contributed by atoms with Crippen LogP contribution in [0.1, 0.15) is 5.56 Å². The minimum Gasteiger partial charge on any atom is -0.496 e. The smallest absolute Gasteiger partial charge is 0.243 e. The lowest BCUT2D eigenvalue weighted by molar-refractivity contribution is 0.384. The second kappa shape index (κ2) is 18.6. The van der Waals surface area contributed by atoms with Gasteiger partial charge in [-0.05, 0) is 61.5 Å². The van der Waals surface area contributed by atoms with E-state index in [4.69, 9.17) is 61.1 Å². The summed E-state index contributed by atoms with van der Waals surface area (Å²) in [7, 11) is -5.65. The van der Waals surface area contributed by atoms with E-state index in [0.717, 1.165) is 38.5 Å². The number of rotatable bonds is 9. The number of benzene rings is 4. The maximum atomic E-state index is 13.0. The Morgan fingerprint density at radius 3 is 1.51 bits per heavy atom. The van der Waals surface area contributed by atoms with Crippen molar-refractivity contribution < 1.29 is 21.6 Å². The van der Waals surface area contributed by atoms with Crippen molar-refractivity contribution in [2.75, 3.05) is 69.3 Å². The number of halogens is 4. The molecule has 2 fully saturated rings. The molecule has 8 rings (SSSR count). The Balaban J connectivity index is 0.000000179. The zero-order valence-electron chi connectivity index (χ0n) is 31.8. The van der Waals surface area contributed by atoms with Crippen molar-refractivity contribution in [3.05, 3.63) is 121 Å². The third-order valence-corrected chi connectivity index (χ3v) is 16.1. The van der Waals surface area contributed by atoms with Gasteiger partial charge >= 0.3 is 0 Å². The highest BCUT2D eigenvalue weighted by Gasteiger charge is 2.31. The minimum absolute atomic E-state index is 0.112. The summed E-state index contributed by atoms with van der Waals surface area (Å²) in [5.74, 6) is 0.769. The fourth-order valence-electron chi connectivity index (χ4n) is 6.63. The van der Waals surface area contributed by atoms with Gasteiger partial charge in [0.25, 0.3) is 0 Å². The number of para-hydroxylation sites is 1. The lowest BCUT2D eigenvalue weighted by atomic mass is 10.1. The van der Waals surface area contributed by atoms with Gasteiger partial charge in [0.05, 0.1) is 28.3 Å². The van der Waals surface area contributed by atoms with Crippen LogP contribution in [0, 0.1) is 6.92 Å². The number of hydrogen-bond donors (Lipinski definition) is 0. The maximum Gasteiger partial charge on any atom is 0.243 e. The highest BCUT2D eigenvalue weighted by Crippen LogP contribution is 2.35. The Morgan fingerprint density at radius 2 is 1.03 bits per heavy atom. The number of nitrogens with zero attached hydrogens (tertiary/aromatic N) is 6. The van der Waals surface area contributed by atoms with Crippen molar-refractivity contribution in [2.24, 2.45) is 0 Å². The second-order valence-corrected chi connectivity index (χ2v) is 20.9. The van der Waals surface area contributed by atoms with Crippen LogP contribution in [0.4, 0.5) is 10.3 Å². The van der Waals surface area contributed by atoms with Crippen molar-refractivity contribution in [2.45, 2.75) is 16.7 Å². The number of methoxy groups -OCH3 is 1. The molecule has 0 amide bonds. The SMILES string of the molecule is COc1ccccc1-c1csc(N2CCN(S(=O)(=O)c3cc(Cl)cc(Cl)c3)CC2)n1.Cc1cccc(-c2csc(N3CCN(S(=O)(=O)c4cc(Cl)cc(Cl)c4)CC3)n2)c1. The molecular weight excluding hydrogens is 915 g/mol. The summed E-state index contributed by atoms with van der Waals surface area (Å²) in [5.41, 5.74) is 5.00. The zero-order valence-corrected chi connectivity index (χ0v) is 38.1. The molecule has 59 heavy (non-hydrogen) atoms. The van der Waals surface area contributed by atoms with E-state index in [2.05, 4.69) is 28.9 Å². The maximum absolute atomic E-state index is 13.0. The molecular formula is C40H38Cl4N6O5S4. The number of sulfonamides is 2. The number of thiazole rings is 2. The average molecular weight is 953 g/mol. The first-order valence-corrected chi connectivity index (χ1v) is 24.4. The quantitative estimate of drug-likeness (QED) is 0.140. The summed E-state index contributed by atoms with van der Waals surface area (Å²) < 4.78 is 60.1. The van der Waals surface area contributed by atoms with Gasteiger partial charge in [0, 0.05) is 94.3 Å². The molecule has 19 heteroatoms. The third-order valence-electron chi connectivity index (χ3n) is 9.65. The van der Waals surface area contributed by atoms with Gasteiger partial charge in [-0.25, -0.2) is 26.8 Å². The van der Waals surface area contributed by atoms with Crippen molar-refractivity contribution in [1.29, 1.82) is 0 Å². The van der Waals surface area contributed by atoms with Crippen molar-refractivity contribution in [3.63, 3.8) is 0 Å². The molecule has 4 aromatic carbocycles. The Hall–Kier alpha value is -3.48. The Morgan fingerprint density at radius 1 is 0.576 bits per heavy atom. The van der Waals surface area contributed by atoms with E-state index >= 15 is 0 Å². The molecule has 11 nitrogen and oxygen atoms in total. The van der Waals surface area contributed by atoms with E-state index in [9.17, 15) is 16.8 Å². The predicted molar refractivity (Wildman–Crippen MR) is 241 cm³/mol. The monoisotopic (exact) mass is 950 g/mol. The summed E-state index contributed by atoms with van der Waals surface area (Å²) in [6, 6.07) is 24.7. The van der Waals surface area contributed by atoms with Gasteiger partial charge in [-0.2, -0.15) is 8.61 Å². The molecule has 0 aliphatic carbocycles. The molecule has 4 heterocycles. The van der Waals surface area contributed by atoms with Crippen LogP contribution in [0.3, 0.4) is 0 Å². The van der Waals surface area contributed by atoms with Gasteiger partial charge in [0.15, 0.2) is 10.3 Å². The van der Waals surface area contributed by atoms with Gasteiger partial charge < -0.3 is 14.5 Å². The molecule has 0 bridgehead atoms. The summed E-state index contributed by atoms with van der Waals surface area (Å²) in [5, 5.41) is 7.01. The number of hydrogen-bond acceptors (Lipinski definition) is 11. The molecule has 0 spiro atoms. The van der Waals surface area contributed by atoms with E-state index in [-0.39, 0.29) is 9.79 Å². The van der Waals surface area contributed by atoms with Crippen LogP contribution in [0.5, 0.6) is 5.75 Å². The number of aromatic nitrogens is 2. The van der Waals surface area contributed by atoms with E-state index in [1.807, 2.05) is 47.2 Å². The Labute approximate surface area is 372 Å². The average Bonchev–Trinajstić information content (AvgIpc) is 3.92. The normalized spacial score (nSPS) is 15.5. The molecule has 0 saturated carbocycles. The predicted octanol–water partition coefficient (Wildman–Crippen LogP) is 9.57. The topological polar surface area (TPSA) is 116 Å². The van der Waals surface area contributed by atoms with Crippen LogP contribution in [-0.4, -0.2) is 94.9 Å². The first-order valence-electron chi connectivity index (χ1n) is 18.2. The van der Waals surface area contributed by atoms with E-state index < -0.39 is 20.0 Å². The Bertz CT molecular complexity index is 2620. The second-order valence-electron chi connectivity index (χ2n) is 13.6. The summed E-state index contributed by atoms with van der Waals surface area (Å²) in [6.07, 6.45) is 0. The fraction of sp³-hybridized carbons (Fsp3) is 0.250. The van der Waals surface area contributed by atoms with Crippen LogP contribution in [0.15, 0.2) is 105 Å². The molecule has 2 aliphatic rings. The lowest BCUT2D eigenvalue weighted by Crippen LogP contribution is -2.48. The number of piperazine rings is 2. The molecule has 0 atom stereocenters. The van der Waals surface area contributed by atoms with Gasteiger partial charge in [0.1, 0.15) is 5.75 Å². The third kappa shape index (κ3) is 10.2. The molecule has 2 saturated heterocycles. The molecule has 0 N–H and O–H groups in total. The van der Waals surface area contributed by atoms with Gasteiger partial charge in [-0.1, -0.05) is 82.3 Å². The van der Waals surface area contributed by atoms with E-state index in [1.165, 1.54) is 61.9 Å². The van der Waals surface area contributed by atoms with Crippen LogP contribution in [0.2, 0.25) is 20.1 Å². The first-order chi connectivity index (χ1) is 28.2. The number of anilines is 2. The fourth-order valence-corrected chi connectivity index (χ4v) is 12.7. The van der Waals surface area contributed by atoms with Crippen molar-refractivity contribution in [3.8, 4) is 28.3 Å². The van der Waals surface area contributed by atoms with Crippen LogP contribution < -0.4 is 14.5 Å². The first kappa shape index (κ1) is 43.6. The van der Waals surface area contributed by atoms with E-state index in [1.54, 1.807) is 18.4 Å². The highest BCUT2D eigenvalue weighted by molar-refractivity contribution is 7.89. The van der Waals surface area contributed by atoms with Crippen LogP contribution in [-0.2, 0) is 20.0 Å². The lowest BCUT2D eigenvalue weighted by Gasteiger charge is -2.33. The molecule has 0 unspecified atom stereocenters. The van der Waals surface area contributed by atoms with Gasteiger partial charge in [-0.15, -0.1) is 22.7 Å². The van der Waals surface area contributed by atoms with Crippen molar-refractivity contribution in [1.82, 2.24) is 18.6 Å². The summed E-state index contributed by atoms with van der Waals surface area (Å²) >= 11 is 27.0. The standard InChI is InChI=1S/C20H19Cl2N3O3S2.C20H19Cl2N3O2S2/c1-28-19-5-3-2-4-17(19)18-13-29-20(23-18)24-6-8-25(9-7-24)30(26,27)16-11-14(21)10-15(22)12-16;1-14-3-2-4-15(9-14)19-13-28-20(23-19)24-5-7-25(8-6-24)29(26,27)18-11-16(21)10-17(22)12-18/h2-5,10-13H,6-9H2,1H3;2-4,9-13H,5-8H2,1H3. The van der Waals surface area contributed by atoms with Crippen LogP contribution in [0.25, 0.3) is 22.5 Å². The molecule has 310 valence electrons. The highest BCUT2D eigenvalue weighted by atomic mass is 35.5. The molecule has 6 aromatic rings. The number of ether oxygens (including phenoxy) is 1. The van der Waals surface area contributed by atoms with Crippen molar-refractivity contribution >= 4 is 99.4 Å². The van der Waals surface area contributed by atoms with E-state index in [0.29, 0.717) is 72.4 Å². The summed E-state index contributed by atoms with van der Waals surface area (Å²) in [6.45, 7) is 5.79. The summed E-state index contributed by atoms with van der Waals surface area (Å²) in [4.78, 5) is 14.0. The largest absolute Gasteiger partial charge is 0.496 e. The molecule has 0 radical (unpaired) electrons. The number of aryl methyl sites for hydroxylation is 1. The van der Waals surface area contributed by atoms with Gasteiger partial charge in [-0.3, -0.25) is 0 Å². The minimum atomic E-state index is -3.66. The van der Waals surface area contributed by atoms with Gasteiger partial charge in [0.2, 0.25) is 20.0 Å². The zero-order chi connectivity index (χ0) is 41.9. The molecule has 2 aromatic heterocycles.